The van der Waals surface area contributed by atoms with Crippen LogP contribution in [0.25, 0.3) is 11.1 Å². The molecule has 2 N–H and O–H groups in total. The van der Waals surface area contributed by atoms with Gasteiger partial charge in [-0.25, -0.2) is 4.79 Å². The summed E-state index contributed by atoms with van der Waals surface area (Å²) in [5.74, 6) is 0.204. The Hall–Kier alpha value is -3.88. The van der Waals surface area contributed by atoms with Crippen LogP contribution in [0.15, 0.2) is 66.7 Å². The third-order valence-corrected chi connectivity index (χ3v) is 7.71. The first-order valence-corrected chi connectivity index (χ1v) is 12.8. The molecule has 0 saturated carbocycles. The van der Waals surface area contributed by atoms with Gasteiger partial charge in [0.15, 0.2) is 0 Å². The molecule has 3 aromatic rings. The van der Waals surface area contributed by atoms with Gasteiger partial charge in [0.05, 0.1) is 26.2 Å². The van der Waals surface area contributed by atoms with E-state index in [1.165, 1.54) is 18.2 Å². The number of aliphatic hydroxyl groups excluding tert-OH is 1. The minimum absolute atomic E-state index is 0.0215. The third-order valence-electron chi connectivity index (χ3n) is 7.71. The van der Waals surface area contributed by atoms with E-state index < -0.39 is 18.3 Å². The fraction of sp³-hybridized carbons (Fsp3) is 0.333. The SMILES string of the molecule is COC(=O)C[C@H]1C[C@H]2c3cc(NC(=O)OCC4c5ccccc5-c5ccccc54)ccc3O[C@H]2[C@@H](CO)O1. The van der Waals surface area contributed by atoms with Crippen molar-refractivity contribution in [2.45, 2.75) is 43.0 Å². The number of hydrogen-bond donors (Lipinski definition) is 2. The number of aliphatic hydroxyl groups is 1. The van der Waals surface area contributed by atoms with Gasteiger partial charge in [-0.05, 0) is 46.9 Å². The van der Waals surface area contributed by atoms with E-state index in [4.69, 9.17) is 18.9 Å². The van der Waals surface area contributed by atoms with Crippen LogP contribution in [0.1, 0.15) is 41.4 Å². The zero-order valence-corrected chi connectivity index (χ0v) is 21.0. The number of nitrogens with one attached hydrogen (secondary N) is 1. The summed E-state index contributed by atoms with van der Waals surface area (Å²) in [5, 5.41) is 12.7. The molecular weight excluding hydrogens is 486 g/mol. The standard InChI is InChI=1S/C30H29NO7/c1-35-28(33)14-18-13-24-23-12-17(10-11-26(23)38-29(24)27(15-32)37-18)31-30(34)36-16-25-21-8-4-2-6-19(21)20-7-3-5-9-22(20)25/h2-12,18,24-25,27,29,32H,13-16H2,1H3,(H,31,34)/t18-,24+,27-,29-/m1/s1. The lowest BCUT2D eigenvalue weighted by Crippen LogP contribution is -2.46. The molecule has 8 nitrogen and oxygen atoms in total. The third kappa shape index (κ3) is 4.40. The lowest BCUT2D eigenvalue weighted by molar-refractivity contribution is -0.156. The molecule has 1 saturated heterocycles. The molecule has 1 amide bonds. The van der Waals surface area contributed by atoms with Gasteiger partial charge in [0.2, 0.25) is 0 Å². The van der Waals surface area contributed by atoms with Gasteiger partial charge in [-0.15, -0.1) is 0 Å². The first kappa shape index (κ1) is 24.5. The average molecular weight is 516 g/mol. The number of methoxy groups -OCH3 is 1. The Labute approximate surface area is 220 Å². The number of hydrogen-bond acceptors (Lipinski definition) is 7. The number of rotatable bonds is 6. The second-order valence-corrected chi connectivity index (χ2v) is 9.89. The van der Waals surface area contributed by atoms with Crippen molar-refractivity contribution in [1.82, 2.24) is 0 Å². The van der Waals surface area contributed by atoms with Crippen molar-refractivity contribution in [3.63, 3.8) is 0 Å². The van der Waals surface area contributed by atoms with Gasteiger partial charge in [0, 0.05) is 23.1 Å². The molecule has 0 unspecified atom stereocenters. The summed E-state index contributed by atoms with van der Waals surface area (Å²) in [4.78, 5) is 24.6. The van der Waals surface area contributed by atoms with E-state index in [0.717, 1.165) is 16.7 Å². The summed E-state index contributed by atoms with van der Waals surface area (Å²) in [7, 11) is 1.34. The molecule has 0 bridgehead atoms. The summed E-state index contributed by atoms with van der Waals surface area (Å²) >= 11 is 0. The van der Waals surface area contributed by atoms with Gasteiger partial charge < -0.3 is 24.1 Å². The Kier molecular flexibility index (Phi) is 6.51. The van der Waals surface area contributed by atoms with E-state index in [1.54, 1.807) is 12.1 Å². The van der Waals surface area contributed by atoms with E-state index >= 15 is 0 Å². The van der Waals surface area contributed by atoms with Crippen molar-refractivity contribution in [2.75, 3.05) is 25.6 Å². The van der Waals surface area contributed by atoms with Crippen molar-refractivity contribution in [1.29, 1.82) is 0 Å². The van der Waals surface area contributed by atoms with E-state index in [0.29, 0.717) is 17.9 Å². The molecule has 0 spiro atoms. The zero-order valence-electron chi connectivity index (χ0n) is 21.0. The van der Waals surface area contributed by atoms with Gasteiger partial charge in [0.25, 0.3) is 0 Å². The number of carbonyl (C=O) groups excluding carboxylic acids is 2. The maximum atomic E-state index is 12.8. The minimum atomic E-state index is -0.561. The number of carbonyl (C=O) groups is 2. The highest BCUT2D eigenvalue weighted by Gasteiger charge is 2.46. The predicted octanol–water partition coefficient (Wildman–Crippen LogP) is 4.61. The van der Waals surface area contributed by atoms with Crippen LogP contribution in [0, 0.1) is 0 Å². The summed E-state index contributed by atoms with van der Waals surface area (Å²) in [6.07, 6.45) is -1.22. The fourth-order valence-corrected chi connectivity index (χ4v) is 5.99. The Morgan fingerprint density at radius 3 is 2.39 bits per heavy atom. The molecule has 8 heteroatoms. The summed E-state index contributed by atoms with van der Waals surface area (Å²) in [6.45, 7) is 0.00101. The Balaban J connectivity index is 1.14. The van der Waals surface area contributed by atoms with Crippen LogP contribution in [0.3, 0.4) is 0 Å². The predicted molar refractivity (Wildman–Crippen MR) is 139 cm³/mol. The molecule has 2 aliphatic heterocycles. The molecule has 4 atom stereocenters. The van der Waals surface area contributed by atoms with Crippen LogP contribution in [0.2, 0.25) is 0 Å². The largest absolute Gasteiger partial charge is 0.487 e. The van der Waals surface area contributed by atoms with Gasteiger partial charge in [-0.1, -0.05) is 48.5 Å². The Morgan fingerprint density at radius 2 is 1.71 bits per heavy atom. The molecule has 0 aromatic heterocycles. The zero-order chi connectivity index (χ0) is 26.2. The number of esters is 1. The summed E-state index contributed by atoms with van der Waals surface area (Å²) < 4.78 is 22.5. The highest BCUT2D eigenvalue weighted by atomic mass is 16.6. The van der Waals surface area contributed by atoms with E-state index in [9.17, 15) is 14.7 Å². The number of fused-ring (bicyclic) bond motifs is 6. The average Bonchev–Trinajstić information content (AvgIpc) is 3.47. The van der Waals surface area contributed by atoms with Gasteiger partial charge in [-0.3, -0.25) is 10.1 Å². The van der Waals surface area contributed by atoms with Crippen molar-refractivity contribution < 1.29 is 33.6 Å². The number of ether oxygens (including phenoxy) is 4. The molecule has 2 heterocycles. The van der Waals surface area contributed by atoms with Crippen LogP contribution < -0.4 is 10.1 Å². The molecule has 1 fully saturated rings. The summed E-state index contributed by atoms with van der Waals surface area (Å²) in [5.41, 5.74) is 6.15. The van der Waals surface area contributed by atoms with Gasteiger partial charge >= 0.3 is 12.1 Å². The first-order valence-electron chi connectivity index (χ1n) is 12.8. The van der Waals surface area contributed by atoms with Crippen LogP contribution in [-0.2, 0) is 19.0 Å². The number of anilines is 1. The smallest absolute Gasteiger partial charge is 0.411 e. The molecular formula is C30H29NO7. The first-order chi connectivity index (χ1) is 18.6. The molecule has 1 aliphatic carbocycles. The van der Waals surface area contributed by atoms with Gasteiger partial charge in [0.1, 0.15) is 24.6 Å². The lowest BCUT2D eigenvalue weighted by Gasteiger charge is -2.36. The quantitative estimate of drug-likeness (QED) is 0.462. The number of amides is 1. The van der Waals surface area contributed by atoms with E-state index in [1.807, 2.05) is 30.3 Å². The van der Waals surface area contributed by atoms with Crippen molar-refractivity contribution in [3.8, 4) is 16.9 Å². The molecule has 38 heavy (non-hydrogen) atoms. The Morgan fingerprint density at radius 1 is 1.00 bits per heavy atom. The molecule has 3 aliphatic rings. The fourth-order valence-electron chi connectivity index (χ4n) is 5.99. The van der Waals surface area contributed by atoms with Gasteiger partial charge in [-0.2, -0.15) is 0 Å². The van der Waals surface area contributed by atoms with Crippen LogP contribution in [0.4, 0.5) is 10.5 Å². The normalized spacial score (nSPS) is 22.9. The molecule has 6 rings (SSSR count). The maximum absolute atomic E-state index is 12.8. The van der Waals surface area contributed by atoms with Crippen LogP contribution >= 0.6 is 0 Å². The highest BCUT2D eigenvalue weighted by Crippen LogP contribution is 2.47. The number of benzene rings is 3. The lowest BCUT2D eigenvalue weighted by atomic mass is 9.84. The second-order valence-electron chi connectivity index (χ2n) is 9.89. The molecule has 196 valence electrons. The van der Waals surface area contributed by atoms with Crippen molar-refractivity contribution in [2.24, 2.45) is 0 Å². The Bertz CT molecular complexity index is 1330. The summed E-state index contributed by atoms with van der Waals surface area (Å²) in [6, 6.07) is 21.8. The molecule has 0 radical (unpaired) electrons. The van der Waals surface area contributed by atoms with E-state index in [2.05, 4.69) is 29.6 Å². The topological polar surface area (TPSA) is 103 Å². The van der Waals surface area contributed by atoms with Crippen LogP contribution in [0.5, 0.6) is 5.75 Å². The molecule has 3 aromatic carbocycles. The second kappa shape index (κ2) is 10.1. The van der Waals surface area contributed by atoms with Crippen LogP contribution in [-0.4, -0.2) is 55.8 Å². The minimum Gasteiger partial charge on any atom is -0.487 e. The van der Waals surface area contributed by atoms with Crippen molar-refractivity contribution >= 4 is 17.7 Å². The highest BCUT2D eigenvalue weighted by molar-refractivity contribution is 5.85. The van der Waals surface area contributed by atoms with Crippen molar-refractivity contribution in [3.05, 3.63) is 83.4 Å². The maximum Gasteiger partial charge on any atom is 0.411 e. The van der Waals surface area contributed by atoms with E-state index in [-0.39, 0.29) is 43.5 Å². The monoisotopic (exact) mass is 515 g/mol.